The molecule has 138 valence electrons. The minimum atomic E-state index is -3.12. The Morgan fingerprint density at radius 3 is 2.62 bits per heavy atom. The van der Waals surface area contributed by atoms with Crippen molar-refractivity contribution in [1.82, 2.24) is 5.32 Å². The summed E-state index contributed by atoms with van der Waals surface area (Å²) in [4.78, 5) is 16.0. The second-order valence-electron chi connectivity index (χ2n) is 5.60. The van der Waals surface area contributed by atoms with E-state index in [1.54, 1.807) is 24.3 Å². The van der Waals surface area contributed by atoms with Crippen molar-refractivity contribution in [2.24, 2.45) is 5.16 Å². The highest BCUT2D eigenvalue weighted by atomic mass is 19.3. The number of alkyl halides is 2. The Hall–Kier alpha value is -2.96. The molecule has 2 rings (SSSR count). The number of nitrogens with one attached hydrogen (secondary N) is 1. The molecule has 0 bridgehead atoms. The number of oxime groups is 1. The van der Waals surface area contributed by atoms with Gasteiger partial charge in [-0.2, -0.15) is 8.78 Å². The molecule has 0 aliphatic carbocycles. The lowest BCUT2D eigenvalue weighted by molar-refractivity contribution is -0.129. The molecule has 26 heavy (non-hydrogen) atoms. The molecule has 2 aromatic carbocycles. The van der Waals surface area contributed by atoms with Gasteiger partial charge in [-0.1, -0.05) is 41.6 Å². The van der Waals surface area contributed by atoms with E-state index in [0.717, 1.165) is 11.1 Å². The Kier molecular flexibility index (Phi) is 6.66. The molecule has 0 aliphatic heterocycles. The summed E-state index contributed by atoms with van der Waals surface area (Å²) in [5.41, 5.74) is 2.76. The third-order valence-corrected chi connectivity index (χ3v) is 3.67. The van der Waals surface area contributed by atoms with E-state index in [1.807, 2.05) is 32.0 Å². The van der Waals surface area contributed by atoms with Crippen LogP contribution in [0.15, 0.2) is 47.6 Å². The van der Waals surface area contributed by atoms with Crippen molar-refractivity contribution in [1.29, 1.82) is 0 Å². The van der Waals surface area contributed by atoms with Gasteiger partial charge in [0.15, 0.2) is 5.71 Å². The predicted octanol–water partition coefficient (Wildman–Crippen LogP) is 3.57. The first-order valence-corrected chi connectivity index (χ1v) is 7.94. The molecule has 1 N–H and O–H groups in total. The van der Waals surface area contributed by atoms with Crippen LogP contribution in [0.2, 0.25) is 0 Å². The molecule has 0 aromatic heterocycles. The Labute approximate surface area is 150 Å². The van der Waals surface area contributed by atoms with Crippen LogP contribution in [0, 0.1) is 13.8 Å². The van der Waals surface area contributed by atoms with Gasteiger partial charge in [0.25, 0.3) is 5.91 Å². The smallest absolute Gasteiger partial charge is 0.407 e. The predicted molar refractivity (Wildman–Crippen MR) is 94.4 cm³/mol. The highest BCUT2D eigenvalue weighted by Gasteiger charge is 2.18. The van der Waals surface area contributed by atoms with Crippen LogP contribution in [0.1, 0.15) is 22.3 Å². The number of ether oxygens (including phenoxy) is 1. The number of hydrogen-bond acceptors (Lipinski definition) is 4. The first-order valence-electron chi connectivity index (χ1n) is 7.94. The van der Waals surface area contributed by atoms with Crippen LogP contribution in [0.3, 0.4) is 0 Å². The third kappa shape index (κ3) is 5.02. The minimum Gasteiger partial charge on any atom is -0.489 e. The fraction of sp³-hybridized carbons (Fsp3) is 0.263. The molecular weight excluding hydrogens is 342 g/mol. The SMILES string of the molecule is CNC(=O)C(=NOC(F)F)c1ccccc1COc1cc(C)ccc1C. The summed E-state index contributed by atoms with van der Waals surface area (Å²) < 4.78 is 30.5. The average molecular weight is 362 g/mol. The van der Waals surface area contributed by atoms with Gasteiger partial charge in [-0.3, -0.25) is 4.79 Å². The number of carbonyl (C=O) groups is 1. The van der Waals surface area contributed by atoms with Gasteiger partial charge in [-0.25, -0.2) is 0 Å². The third-order valence-electron chi connectivity index (χ3n) is 3.67. The topological polar surface area (TPSA) is 59.9 Å². The standard InChI is InChI=1S/C19H20F2N2O3/c1-12-8-9-13(2)16(10-12)25-11-14-6-4-5-7-15(14)17(18(24)22-3)23-26-19(20)21/h4-10,19H,11H2,1-3H3,(H,22,24). The first-order chi connectivity index (χ1) is 12.4. The molecule has 1 amide bonds. The fourth-order valence-corrected chi connectivity index (χ4v) is 2.32. The van der Waals surface area contributed by atoms with Crippen LogP contribution in [0.5, 0.6) is 5.75 Å². The molecular formula is C19H20F2N2O3. The lowest BCUT2D eigenvalue weighted by atomic mass is 10.0. The van der Waals surface area contributed by atoms with E-state index in [0.29, 0.717) is 16.9 Å². The van der Waals surface area contributed by atoms with Crippen LogP contribution < -0.4 is 10.1 Å². The number of likely N-dealkylation sites (N-methyl/N-ethyl adjacent to an activating group) is 1. The second kappa shape index (κ2) is 8.94. The monoisotopic (exact) mass is 362 g/mol. The largest absolute Gasteiger partial charge is 0.489 e. The summed E-state index contributed by atoms with van der Waals surface area (Å²) in [6.07, 6.45) is 0. The maximum absolute atomic E-state index is 12.3. The Bertz CT molecular complexity index is 807. The molecule has 0 aliphatic rings. The van der Waals surface area contributed by atoms with Gasteiger partial charge in [-0.15, -0.1) is 0 Å². The van der Waals surface area contributed by atoms with Crippen molar-refractivity contribution in [3.8, 4) is 5.75 Å². The van der Waals surface area contributed by atoms with E-state index < -0.39 is 12.5 Å². The summed E-state index contributed by atoms with van der Waals surface area (Å²) in [6.45, 7) is 0.908. The average Bonchev–Trinajstić information content (AvgIpc) is 2.63. The van der Waals surface area contributed by atoms with Crippen molar-refractivity contribution in [3.63, 3.8) is 0 Å². The van der Waals surface area contributed by atoms with Gasteiger partial charge in [0.1, 0.15) is 12.4 Å². The molecule has 0 unspecified atom stereocenters. The van der Waals surface area contributed by atoms with Gasteiger partial charge in [-0.05, 0) is 36.6 Å². The summed E-state index contributed by atoms with van der Waals surface area (Å²) in [7, 11) is 1.38. The van der Waals surface area contributed by atoms with Crippen molar-refractivity contribution in [2.75, 3.05) is 7.05 Å². The van der Waals surface area contributed by atoms with Gasteiger partial charge in [0, 0.05) is 12.6 Å². The lowest BCUT2D eigenvalue weighted by Gasteiger charge is -2.14. The van der Waals surface area contributed by atoms with Crippen LogP contribution in [-0.2, 0) is 16.2 Å². The van der Waals surface area contributed by atoms with Gasteiger partial charge >= 0.3 is 6.61 Å². The fourth-order valence-electron chi connectivity index (χ4n) is 2.32. The molecule has 0 heterocycles. The maximum atomic E-state index is 12.3. The number of benzene rings is 2. The minimum absolute atomic E-state index is 0.144. The number of nitrogens with zero attached hydrogens (tertiary/aromatic N) is 1. The highest BCUT2D eigenvalue weighted by molar-refractivity contribution is 6.45. The van der Waals surface area contributed by atoms with Gasteiger partial charge < -0.3 is 14.9 Å². The maximum Gasteiger partial charge on any atom is 0.407 e. The molecule has 0 saturated heterocycles. The molecule has 0 spiro atoms. The number of hydrogen-bond donors (Lipinski definition) is 1. The van der Waals surface area contributed by atoms with E-state index in [2.05, 4.69) is 15.3 Å². The number of aryl methyl sites for hydroxylation is 2. The molecule has 0 radical (unpaired) electrons. The van der Waals surface area contributed by atoms with Crippen LogP contribution in [0.4, 0.5) is 8.78 Å². The normalized spacial score (nSPS) is 11.4. The Balaban J connectivity index is 2.31. The highest BCUT2D eigenvalue weighted by Crippen LogP contribution is 2.21. The van der Waals surface area contributed by atoms with Crippen LogP contribution in [0.25, 0.3) is 0 Å². The molecule has 0 fully saturated rings. The van der Waals surface area contributed by atoms with Crippen molar-refractivity contribution >= 4 is 11.6 Å². The molecule has 5 nitrogen and oxygen atoms in total. The van der Waals surface area contributed by atoms with E-state index in [4.69, 9.17) is 4.74 Å². The number of rotatable bonds is 7. The zero-order valence-electron chi connectivity index (χ0n) is 14.8. The van der Waals surface area contributed by atoms with Crippen LogP contribution in [-0.4, -0.2) is 25.3 Å². The zero-order chi connectivity index (χ0) is 19.1. The van der Waals surface area contributed by atoms with E-state index in [9.17, 15) is 13.6 Å². The number of halogens is 2. The second-order valence-corrected chi connectivity index (χ2v) is 5.60. The summed E-state index contributed by atoms with van der Waals surface area (Å²) >= 11 is 0. The zero-order valence-corrected chi connectivity index (χ0v) is 14.8. The Morgan fingerprint density at radius 2 is 1.92 bits per heavy atom. The summed E-state index contributed by atoms with van der Waals surface area (Å²) in [6, 6.07) is 12.6. The van der Waals surface area contributed by atoms with E-state index in [1.165, 1.54) is 7.05 Å². The van der Waals surface area contributed by atoms with E-state index >= 15 is 0 Å². The molecule has 2 aromatic rings. The molecule has 0 atom stereocenters. The first kappa shape index (κ1) is 19.4. The quantitative estimate of drug-likeness (QED) is 0.605. The lowest BCUT2D eigenvalue weighted by Crippen LogP contribution is -2.29. The molecule has 0 saturated carbocycles. The molecule has 7 heteroatoms. The summed E-state index contributed by atoms with van der Waals surface area (Å²) in [5.74, 6) is 0.0758. The van der Waals surface area contributed by atoms with Crippen molar-refractivity contribution in [2.45, 2.75) is 27.1 Å². The van der Waals surface area contributed by atoms with Crippen LogP contribution >= 0.6 is 0 Å². The number of carbonyl (C=O) groups excluding carboxylic acids is 1. The van der Waals surface area contributed by atoms with Crippen molar-refractivity contribution < 1.29 is 23.1 Å². The summed E-state index contributed by atoms with van der Waals surface area (Å²) in [5, 5.41) is 5.68. The van der Waals surface area contributed by atoms with Crippen molar-refractivity contribution in [3.05, 3.63) is 64.7 Å². The van der Waals surface area contributed by atoms with E-state index in [-0.39, 0.29) is 12.3 Å². The Morgan fingerprint density at radius 1 is 1.19 bits per heavy atom. The number of amides is 1. The van der Waals surface area contributed by atoms with Gasteiger partial charge in [0.2, 0.25) is 0 Å². The van der Waals surface area contributed by atoms with Gasteiger partial charge in [0.05, 0.1) is 0 Å².